The number of para-hydroxylation sites is 1. The van der Waals surface area contributed by atoms with Crippen molar-refractivity contribution in [3.8, 4) is 5.75 Å². The Bertz CT molecular complexity index is 353. The first-order chi connectivity index (χ1) is 7.18. The van der Waals surface area contributed by atoms with Crippen molar-refractivity contribution < 1.29 is 9.84 Å². The molecule has 0 spiro atoms. The first-order valence-electron chi connectivity index (χ1n) is 5.33. The van der Waals surface area contributed by atoms with Crippen LogP contribution in [0.3, 0.4) is 0 Å². The van der Waals surface area contributed by atoms with Crippen molar-refractivity contribution in [2.45, 2.75) is 18.9 Å². The smallest absolute Gasteiger partial charge is 0.125 e. The molecule has 15 heavy (non-hydrogen) atoms. The number of benzene rings is 1. The van der Waals surface area contributed by atoms with Crippen LogP contribution in [0.2, 0.25) is 0 Å². The summed E-state index contributed by atoms with van der Waals surface area (Å²) in [6.07, 6.45) is 0.578. The molecular formula is C12H17NO2. The highest BCUT2D eigenvalue weighted by Gasteiger charge is 2.40. The lowest BCUT2D eigenvalue weighted by atomic mass is 9.78. The topological polar surface area (TPSA) is 55.5 Å². The standard InChI is InChI=1S/C12H17NO2/c1-9-8-15-11-5-3-2-4-10(11)12(9,14)6-7-13/h2-5,9,14H,6-8,13H2,1H3. The van der Waals surface area contributed by atoms with Crippen molar-refractivity contribution in [3.05, 3.63) is 29.8 Å². The quantitative estimate of drug-likeness (QED) is 0.767. The van der Waals surface area contributed by atoms with E-state index in [9.17, 15) is 5.11 Å². The fraction of sp³-hybridized carbons (Fsp3) is 0.500. The molecule has 0 saturated carbocycles. The third-order valence-corrected chi connectivity index (χ3v) is 3.18. The van der Waals surface area contributed by atoms with Crippen molar-refractivity contribution in [2.24, 2.45) is 11.7 Å². The normalized spacial score (nSPS) is 29.4. The van der Waals surface area contributed by atoms with Crippen LogP contribution < -0.4 is 10.5 Å². The van der Waals surface area contributed by atoms with Crippen LogP contribution in [0.25, 0.3) is 0 Å². The number of hydrogen-bond acceptors (Lipinski definition) is 3. The molecule has 0 bridgehead atoms. The molecule has 0 aliphatic carbocycles. The maximum Gasteiger partial charge on any atom is 0.125 e. The second kappa shape index (κ2) is 3.83. The van der Waals surface area contributed by atoms with Gasteiger partial charge in [-0.2, -0.15) is 0 Å². The van der Waals surface area contributed by atoms with Crippen LogP contribution in [0.4, 0.5) is 0 Å². The molecule has 2 atom stereocenters. The highest BCUT2D eigenvalue weighted by Crippen LogP contribution is 2.41. The number of fused-ring (bicyclic) bond motifs is 1. The molecule has 1 aliphatic rings. The summed E-state index contributed by atoms with van der Waals surface area (Å²) in [7, 11) is 0. The van der Waals surface area contributed by atoms with Gasteiger partial charge in [0.2, 0.25) is 0 Å². The van der Waals surface area contributed by atoms with Crippen LogP contribution >= 0.6 is 0 Å². The Morgan fingerprint density at radius 2 is 2.27 bits per heavy atom. The highest BCUT2D eigenvalue weighted by molar-refractivity contribution is 5.40. The lowest BCUT2D eigenvalue weighted by Gasteiger charge is -2.39. The van der Waals surface area contributed by atoms with E-state index in [2.05, 4.69) is 0 Å². The van der Waals surface area contributed by atoms with Gasteiger partial charge in [-0.15, -0.1) is 0 Å². The molecule has 3 N–H and O–H groups in total. The molecule has 2 rings (SSSR count). The third kappa shape index (κ3) is 1.62. The molecule has 0 amide bonds. The average Bonchev–Trinajstić information content (AvgIpc) is 2.25. The summed E-state index contributed by atoms with van der Waals surface area (Å²) in [6, 6.07) is 7.64. The monoisotopic (exact) mass is 207 g/mol. The number of aliphatic hydroxyl groups is 1. The summed E-state index contributed by atoms with van der Waals surface area (Å²) < 4.78 is 5.58. The van der Waals surface area contributed by atoms with E-state index >= 15 is 0 Å². The third-order valence-electron chi connectivity index (χ3n) is 3.18. The Morgan fingerprint density at radius 3 is 3.00 bits per heavy atom. The second-order valence-electron chi connectivity index (χ2n) is 4.17. The summed E-state index contributed by atoms with van der Waals surface area (Å²) in [6.45, 7) is 3.02. The van der Waals surface area contributed by atoms with E-state index < -0.39 is 5.60 Å². The second-order valence-corrected chi connectivity index (χ2v) is 4.17. The van der Waals surface area contributed by atoms with Crippen LogP contribution in [0, 0.1) is 5.92 Å². The van der Waals surface area contributed by atoms with Gasteiger partial charge < -0.3 is 15.6 Å². The van der Waals surface area contributed by atoms with Gasteiger partial charge in [-0.1, -0.05) is 25.1 Å². The van der Waals surface area contributed by atoms with Gasteiger partial charge in [0.1, 0.15) is 11.4 Å². The van der Waals surface area contributed by atoms with Crippen LogP contribution in [0.15, 0.2) is 24.3 Å². The number of ether oxygens (including phenoxy) is 1. The molecule has 3 heteroatoms. The molecule has 3 nitrogen and oxygen atoms in total. The van der Waals surface area contributed by atoms with Crippen molar-refractivity contribution in [1.82, 2.24) is 0 Å². The van der Waals surface area contributed by atoms with Gasteiger partial charge in [0, 0.05) is 11.5 Å². The predicted octanol–water partition coefficient (Wildman–Crippen LogP) is 1.25. The fourth-order valence-corrected chi connectivity index (χ4v) is 2.17. The number of rotatable bonds is 2. The SMILES string of the molecule is CC1COc2ccccc2C1(O)CCN. The van der Waals surface area contributed by atoms with E-state index in [0.29, 0.717) is 19.6 Å². The summed E-state index contributed by atoms with van der Waals surface area (Å²) >= 11 is 0. The van der Waals surface area contributed by atoms with Crippen LogP contribution in [0.1, 0.15) is 18.9 Å². The van der Waals surface area contributed by atoms with Gasteiger partial charge in [0.05, 0.1) is 6.61 Å². The van der Waals surface area contributed by atoms with E-state index in [4.69, 9.17) is 10.5 Å². The molecule has 0 fully saturated rings. The van der Waals surface area contributed by atoms with Crippen molar-refractivity contribution in [3.63, 3.8) is 0 Å². The van der Waals surface area contributed by atoms with E-state index in [-0.39, 0.29) is 5.92 Å². The Labute approximate surface area is 89.9 Å². The molecule has 0 aromatic heterocycles. The molecule has 1 heterocycles. The molecule has 1 aromatic rings. The number of hydrogen-bond donors (Lipinski definition) is 2. The minimum Gasteiger partial charge on any atom is -0.493 e. The van der Waals surface area contributed by atoms with E-state index in [1.165, 1.54) is 0 Å². The minimum atomic E-state index is -0.830. The zero-order chi connectivity index (χ0) is 10.9. The molecule has 1 aliphatic heterocycles. The molecule has 2 unspecified atom stereocenters. The fourth-order valence-electron chi connectivity index (χ4n) is 2.17. The van der Waals surface area contributed by atoms with Gasteiger partial charge in [-0.25, -0.2) is 0 Å². The lowest BCUT2D eigenvalue weighted by molar-refractivity contribution is -0.0560. The van der Waals surface area contributed by atoms with Crippen molar-refractivity contribution in [2.75, 3.05) is 13.2 Å². The van der Waals surface area contributed by atoms with E-state index in [1.54, 1.807) is 0 Å². The summed E-state index contributed by atoms with van der Waals surface area (Å²) in [5.74, 6) is 0.863. The van der Waals surface area contributed by atoms with Crippen LogP contribution in [-0.4, -0.2) is 18.3 Å². The van der Waals surface area contributed by atoms with Gasteiger partial charge in [0.15, 0.2) is 0 Å². The van der Waals surface area contributed by atoms with Gasteiger partial charge in [0.25, 0.3) is 0 Å². The zero-order valence-corrected chi connectivity index (χ0v) is 8.94. The maximum atomic E-state index is 10.6. The Morgan fingerprint density at radius 1 is 1.53 bits per heavy atom. The lowest BCUT2D eigenvalue weighted by Crippen LogP contribution is -2.42. The van der Waals surface area contributed by atoms with E-state index in [0.717, 1.165) is 11.3 Å². The number of nitrogens with two attached hydrogens (primary N) is 1. The van der Waals surface area contributed by atoms with Crippen LogP contribution in [-0.2, 0) is 5.60 Å². The molecule has 1 aromatic carbocycles. The molecule has 82 valence electrons. The maximum absolute atomic E-state index is 10.6. The molecular weight excluding hydrogens is 190 g/mol. The van der Waals surface area contributed by atoms with E-state index in [1.807, 2.05) is 31.2 Å². The van der Waals surface area contributed by atoms with Gasteiger partial charge in [-0.3, -0.25) is 0 Å². The average molecular weight is 207 g/mol. The minimum absolute atomic E-state index is 0.0796. The first-order valence-corrected chi connectivity index (χ1v) is 5.33. The Hall–Kier alpha value is -1.06. The largest absolute Gasteiger partial charge is 0.493 e. The van der Waals surface area contributed by atoms with Crippen molar-refractivity contribution in [1.29, 1.82) is 0 Å². The predicted molar refractivity (Wildman–Crippen MR) is 58.7 cm³/mol. The highest BCUT2D eigenvalue weighted by atomic mass is 16.5. The summed E-state index contributed by atoms with van der Waals surface area (Å²) in [5, 5.41) is 10.6. The first kappa shape index (κ1) is 10.5. The summed E-state index contributed by atoms with van der Waals surface area (Å²) in [4.78, 5) is 0. The van der Waals surface area contributed by atoms with Crippen molar-refractivity contribution >= 4 is 0 Å². The Balaban J connectivity index is 2.45. The zero-order valence-electron chi connectivity index (χ0n) is 8.94. The van der Waals surface area contributed by atoms with Crippen LogP contribution in [0.5, 0.6) is 5.75 Å². The van der Waals surface area contributed by atoms with Gasteiger partial charge >= 0.3 is 0 Å². The molecule has 0 radical (unpaired) electrons. The van der Waals surface area contributed by atoms with Gasteiger partial charge in [-0.05, 0) is 19.0 Å². The Kier molecular flexibility index (Phi) is 2.67. The molecule has 0 saturated heterocycles. The summed E-state index contributed by atoms with van der Waals surface area (Å²) in [5.41, 5.74) is 5.60.